The van der Waals surface area contributed by atoms with E-state index >= 15 is 0 Å². The monoisotopic (exact) mass is 462 g/mol. The molecule has 1 aromatic carbocycles. The molecule has 33 heavy (non-hydrogen) atoms. The lowest BCUT2D eigenvalue weighted by Crippen LogP contribution is -2.16. The number of aromatic nitrogens is 6. The average Bonchev–Trinajstić information content (AvgIpc) is 3.31. The minimum Gasteiger partial charge on any atom is -0.398 e. The number of carbonyl (C=O) groups excluding carboxylic acids is 1. The van der Waals surface area contributed by atoms with Crippen molar-refractivity contribution in [1.82, 2.24) is 29.3 Å². The third-order valence-electron chi connectivity index (χ3n) is 5.59. The molecule has 0 atom stereocenters. The van der Waals surface area contributed by atoms with Crippen LogP contribution in [0.1, 0.15) is 54.7 Å². The quantitative estimate of drug-likeness (QED) is 0.408. The molecule has 9 nitrogen and oxygen atoms in total. The summed E-state index contributed by atoms with van der Waals surface area (Å²) < 4.78 is 3.74. The number of benzene rings is 1. The summed E-state index contributed by atoms with van der Waals surface area (Å²) >= 11 is 6.44. The van der Waals surface area contributed by atoms with Crippen LogP contribution in [0, 0.1) is 0 Å². The van der Waals surface area contributed by atoms with Gasteiger partial charge in [0.1, 0.15) is 17.8 Å². The Balaban J connectivity index is 1.42. The highest BCUT2D eigenvalue weighted by Gasteiger charge is 2.26. The molecule has 3 heterocycles. The van der Waals surface area contributed by atoms with Gasteiger partial charge < -0.3 is 20.2 Å². The van der Waals surface area contributed by atoms with Crippen molar-refractivity contribution in [3.63, 3.8) is 0 Å². The predicted octanol–water partition coefficient (Wildman–Crippen LogP) is 4.47. The number of amides is 1. The minimum atomic E-state index is -0.386. The van der Waals surface area contributed by atoms with E-state index in [9.17, 15) is 4.79 Å². The van der Waals surface area contributed by atoms with Gasteiger partial charge in [-0.05, 0) is 51.0 Å². The van der Waals surface area contributed by atoms with Crippen LogP contribution in [-0.2, 0) is 0 Å². The number of carbonyl (C=O) groups is 1. The SMILES string of the molecule is CC(C)n1cnnc1-c1cccc(NC(=O)c2cc(-n3cnc(C4CC4)c3)c(Cl)cc2N)n1. The zero-order valence-electron chi connectivity index (χ0n) is 18.2. The van der Waals surface area contributed by atoms with Gasteiger partial charge in [-0.15, -0.1) is 10.2 Å². The van der Waals surface area contributed by atoms with Gasteiger partial charge in [0.05, 0.1) is 28.3 Å². The molecule has 1 amide bonds. The number of nitrogen functional groups attached to an aromatic ring is 1. The fraction of sp³-hybridized carbons (Fsp3) is 0.261. The van der Waals surface area contributed by atoms with E-state index in [2.05, 4.69) is 25.5 Å². The number of halogens is 1. The third kappa shape index (κ3) is 4.19. The van der Waals surface area contributed by atoms with E-state index in [4.69, 9.17) is 17.3 Å². The molecule has 1 aliphatic carbocycles. The molecular formula is C23H23ClN8O. The number of rotatable bonds is 6. The van der Waals surface area contributed by atoms with Crippen LogP contribution >= 0.6 is 11.6 Å². The number of imidazole rings is 1. The Labute approximate surface area is 195 Å². The van der Waals surface area contributed by atoms with Gasteiger partial charge >= 0.3 is 0 Å². The summed E-state index contributed by atoms with van der Waals surface area (Å²) in [5, 5.41) is 11.4. The first-order valence-electron chi connectivity index (χ1n) is 10.7. The van der Waals surface area contributed by atoms with Crippen molar-refractivity contribution in [3.05, 3.63) is 65.5 Å². The van der Waals surface area contributed by atoms with E-state index in [0.29, 0.717) is 39.5 Å². The van der Waals surface area contributed by atoms with Crippen LogP contribution in [0.4, 0.5) is 11.5 Å². The second kappa shape index (κ2) is 8.32. The van der Waals surface area contributed by atoms with Crippen LogP contribution in [-0.4, -0.2) is 35.2 Å². The van der Waals surface area contributed by atoms with Crippen molar-refractivity contribution in [2.45, 2.75) is 38.6 Å². The smallest absolute Gasteiger partial charge is 0.258 e. The second-order valence-electron chi connectivity index (χ2n) is 8.39. The summed E-state index contributed by atoms with van der Waals surface area (Å²) in [7, 11) is 0. The summed E-state index contributed by atoms with van der Waals surface area (Å²) in [5.74, 6) is 1.13. The zero-order chi connectivity index (χ0) is 23.1. The minimum absolute atomic E-state index is 0.172. The Hall–Kier alpha value is -3.72. The lowest BCUT2D eigenvalue weighted by atomic mass is 10.1. The highest BCUT2D eigenvalue weighted by molar-refractivity contribution is 6.33. The zero-order valence-corrected chi connectivity index (χ0v) is 19.0. The Morgan fingerprint density at radius 3 is 2.82 bits per heavy atom. The largest absolute Gasteiger partial charge is 0.398 e. The topological polar surface area (TPSA) is 117 Å². The highest BCUT2D eigenvalue weighted by atomic mass is 35.5. The van der Waals surface area contributed by atoms with Crippen LogP contribution in [0.2, 0.25) is 5.02 Å². The van der Waals surface area contributed by atoms with Crippen LogP contribution in [0.15, 0.2) is 49.2 Å². The molecule has 1 aliphatic rings. The molecule has 3 aromatic heterocycles. The summed E-state index contributed by atoms with van der Waals surface area (Å²) in [6.45, 7) is 4.07. The first-order chi connectivity index (χ1) is 15.9. The Morgan fingerprint density at radius 2 is 2.06 bits per heavy atom. The van der Waals surface area contributed by atoms with E-state index in [0.717, 1.165) is 18.5 Å². The number of nitrogens with zero attached hydrogens (tertiary/aromatic N) is 6. The molecule has 4 aromatic rings. The van der Waals surface area contributed by atoms with Crippen molar-refractivity contribution in [2.75, 3.05) is 11.1 Å². The average molecular weight is 463 g/mol. The van der Waals surface area contributed by atoms with Gasteiger partial charge in [0.25, 0.3) is 5.91 Å². The molecular weight excluding hydrogens is 440 g/mol. The van der Waals surface area contributed by atoms with E-state index in [1.807, 2.05) is 35.2 Å². The van der Waals surface area contributed by atoms with Crippen molar-refractivity contribution in [2.24, 2.45) is 0 Å². The molecule has 3 N–H and O–H groups in total. The standard InChI is InChI=1S/C23H23ClN8O/c1-13(2)32-12-27-30-22(32)18-4-3-5-21(28-18)29-23(33)15-8-20(16(24)9-17(15)25)31-10-19(26-11-31)14-6-7-14/h3-5,8-14H,6-7,25H2,1-2H3,(H,28,29,33). The Kier molecular flexibility index (Phi) is 5.33. The van der Waals surface area contributed by atoms with Gasteiger partial charge in [0.15, 0.2) is 5.82 Å². The van der Waals surface area contributed by atoms with Gasteiger partial charge in [-0.2, -0.15) is 0 Å². The van der Waals surface area contributed by atoms with E-state index in [-0.39, 0.29) is 17.6 Å². The molecule has 168 valence electrons. The van der Waals surface area contributed by atoms with Gasteiger partial charge in [-0.25, -0.2) is 9.97 Å². The van der Waals surface area contributed by atoms with E-state index in [1.54, 1.807) is 36.9 Å². The molecule has 0 aliphatic heterocycles. The van der Waals surface area contributed by atoms with Gasteiger partial charge in [0.2, 0.25) is 0 Å². The fourth-order valence-electron chi connectivity index (χ4n) is 3.65. The summed E-state index contributed by atoms with van der Waals surface area (Å²) in [5.41, 5.74) is 8.99. The predicted molar refractivity (Wildman–Crippen MR) is 127 cm³/mol. The van der Waals surface area contributed by atoms with E-state index in [1.165, 1.54) is 0 Å². The summed E-state index contributed by atoms with van der Waals surface area (Å²) in [6, 6.07) is 8.76. The maximum absolute atomic E-state index is 13.1. The molecule has 1 fully saturated rings. The summed E-state index contributed by atoms with van der Waals surface area (Å²) in [4.78, 5) is 22.1. The maximum Gasteiger partial charge on any atom is 0.258 e. The molecule has 0 radical (unpaired) electrons. The van der Waals surface area contributed by atoms with Crippen LogP contribution < -0.4 is 11.1 Å². The highest BCUT2D eigenvalue weighted by Crippen LogP contribution is 2.39. The van der Waals surface area contributed by atoms with E-state index < -0.39 is 0 Å². The Morgan fingerprint density at radius 1 is 1.24 bits per heavy atom. The van der Waals surface area contributed by atoms with Crippen molar-refractivity contribution in [3.8, 4) is 17.2 Å². The van der Waals surface area contributed by atoms with Gasteiger partial charge in [-0.1, -0.05) is 17.7 Å². The molecule has 1 saturated carbocycles. The van der Waals surface area contributed by atoms with Crippen molar-refractivity contribution < 1.29 is 4.79 Å². The number of hydrogen-bond donors (Lipinski definition) is 2. The fourth-order valence-corrected chi connectivity index (χ4v) is 3.92. The third-order valence-corrected chi connectivity index (χ3v) is 5.89. The second-order valence-corrected chi connectivity index (χ2v) is 8.80. The number of nitrogens with one attached hydrogen (secondary N) is 1. The summed E-state index contributed by atoms with van der Waals surface area (Å²) in [6.07, 6.45) is 7.63. The van der Waals surface area contributed by atoms with Gasteiger partial charge in [-0.3, -0.25) is 4.79 Å². The normalized spacial score (nSPS) is 13.5. The number of nitrogens with two attached hydrogens (primary N) is 1. The van der Waals surface area contributed by atoms with Crippen molar-refractivity contribution in [1.29, 1.82) is 0 Å². The number of pyridine rings is 1. The molecule has 0 saturated heterocycles. The first-order valence-corrected chi connectivity index (χ1v) is 11.1. The molecule has 5 rings (SSSR count). The lowest BCUT2D eigenvalue weighted by Gasteiger charge is -2.13. The number of anilines is 2. The van der Waals surface area contributed by atoms with Crippen LogP contribution in [0.3, 0.4) is 0 Å². The molecule has 0 unspecified atom stereocenters. The first kappa shape index (κ1) is 21.1. The number of hydrogen-bond acceptors (Lipinski definition) is 6. The Bertz CT molecular complexity index is 1340. The van der Waals surface area contributed by atoms with Gasteiger partial charge in [0, 0.05) is 23.8 Å². The van der Waals surface area contributed by atoms with Crippen LogP contribution in [0.5, 0.6) is 0 Å². The molecule has 0 bridgehead atoms. The molecule has 10 heteroatoms. The molecule has 0 spiro atoms. The van der Waals surface area contributed by atoms with Crippen molar-refractivity contribution >= 4 is 29.0 Å². The maximum atomic E-state index is 13.1. The van der Waals surface area contributed by atoms with Crippen LogP contribution in [0.25, 0.3) is 17.2 Å². The lowest BCUT2D eigenvalue weighted by molar-refractivity contribution is 0.102.